The maximum Gasteiger partial charge on any atom is 0.340 e. The Hall–Kier alpha value is -2.68. The van der Waals surface area contributed by atoms with E-state index in [1.54, 1.807) is 4.90 Å². The number of rotatable bonds is 4. The van der Waals surface area contributed by atoms with Crippen molar-refractivity contribution in [1.29, 1.82) is 0 Å². The number of amides is 1. The molecule has 0 unspecified atom stereocenters. The Kier molecular flexibility index (Phi) is 5.35. The van der Waals surface area contributed by atoms with Crippen LogP contribution in [0.2, 0.25) is 0 Å². The van der Waals surface area contributed by atoms with E-state index in [-0.39, 0.29) is 35.1 Å². The zero-order valence-corrected chi connectivity index (χ0v) is 13.4. The summed E-state index contributed by atoms with van der Waals surface area (Å²) >= 11 is 0. The minimum absolute atomic E-state index is 0.0166. The molecule has 2 rings (SSSR count). The van der Waals surface area contributed by atoms with Crippen LogP contribution in [0.15, 0.2) is 18.2 Å². The third-order valence-corrected chi connectivity index (χ3v) is 3.56. The van der Waals surface area contributed by atoms with Crippen molar-refractivity contribution in [2.45, 2.75) is 26.1 Å². The maximum atomic E-state index is 12.1. The highest BCUT2D eigenvalue weighted by Gasteiger charge is 2.26. The molecule has 1 aliphatic rings. The molecule has 1 aliphatic heterocycles. The van der Waals surface area contributed by atoms with Crippen LogP contribution >= 0.6 is 0 Å². The van der Waals surface area contributed by atoms with Gasteiger partial charge in [-0.2, -0.15) is 0 Å². The molecular weight excluding hydrogens is 318 g/mol. The standard InChI is InChI=1S/C15H19N3O6/c1-9-6-17(7-10(2)24-9)14(19)8-23-15(20)12-4-3-11(18(21)22)5-13(12)16/h3-5,9-10H,6-8,16H2,1-2H3/t9-,10+. The quantitative estimate of drug-likeness (QED) is 0.375. The van der Waals surface area contributed by atoms with Crippen molar-refractivity contribution < 1.29 is 24.0 Å². The zero-order chi connectivity index (χ0) is 17.9. The molecule has 9 nitrogen and oxygen atoms in total. The number of nitro benzene ring substituents is 1. The van der Waals surface area contributed by atoms with Gasteiger partial charge in [0.15, 0.2) is 6.61 Å². The molecule has 0 saturated carbocycles. The Labute approximate surface area is 138 Å². The molecule has 24 heavy (non-hydrogen) atoms. The third kappa shape index (κ3) is 4.19. The first-order valence-corrected chi connectivity index (χ1v) is 7.42. The molecule has 1 amide bonds. The lowest BCUT2D eigenvalue weighted by Crippen LogP contribution is -2.49. The normalized spacial score (nSPS) is 20.5. The average molecular weight is 337 g/mol. The number of nitrogens with zero attached hydrogens (tertiary/aromatic N) is 2. The second-order valence-corrected chi connectivity index (χ2v) is 5.66. The summed E-state index contributed by atoms with van der Waals surface area (Å²) in [5, 5.41) is 10.7. The van der Waals surface area contributed by atoms with Gasteiger partial charge < -0.3 is 20.1 Å². The first-order valence-electron chi connectivity index (χ1n) is 7.42. The molecule has 0 spiro atoms. The van der Waals surface area contributed by atoms with Gasteiger partial charge in [-0.25, -0.2) is 4.79 Å². The monoisotopic (exact) mass is 337 g/mol. The number of carbonyl (C=O) groups excluding carboxylic acids is 2. The summed E-state index contributed by atoms with van der Waals surface area (Å²) in [6.07, 6.45) is -0.169. The summed E-state index contributed by atoms with van der Waals surface area (Å²) in [6, 6.07) is 3.43. The molecule has 2 N–H and O–H groups in total. The van der Waals surface area contributed by atoms with Gasteiger partial charge in [0, 0.05) is 25.2 Å². The molecule has 130 valence electrons. The van der Waals surface area contributed by atoms with E-state index in [4.69, 9.17) is 15.2 Å². The number of nitro groups is 1. The minimum atomic E-state index is -0.801. The number of anilines is 1. The molecule has 1 saturated heterocycles. The lowest BCUT2D eigenvalue weighted by atomic mass is 10.1. The van der Waals surface area contributed by atoms with Crippen molar-refractivity contribution in [2.24, 2.45) is 0 Å². The highest BCUT2D eigenvalue weighted by molar-refractivity contribution is 5.96. The van der Waals surface area contributed by atoms with Gasteiger partial charge in [-0.1, -0.05) is 0 Å². The molecule has 1 fully saturated rings. The minimum Gasteiger partial charge on any atom is -0.452 e. The number of hydrogen-bond acceptors (Lipinski definition) is 7. The molecule has 1 heterocycles. The van der Waals surface area contributed by atoms with Gasteiger partial charge in [0.1, 0.15) is 0 Å². The summed E-state index contributed by atoms with van der Waals surface area (Å²) in [5.41, 5.74) is 5.31. The Morgan fingerprint density at radius 2 is 2.00 bits per heavy atom. The molecule has 0 bridgehead atoms. The van der Waals surface area contributed by atoms with E-state index in [0.717, 1.165) is 12.1 Å². The number of esters is 1. The van der Waals surface area contributed by atoms with E-state index in [0.29, 0.717) is 13.1 Å². The molecular formula is C15H19N3O6. The highest BCUT2D eigenvalue weighted by Crippen LogP contribution is 2.20. The van der Waals surface area contributed by atoms with Crippen LogP contribution in [0, 0.1) is 10.1 Å². The molecule has 0 radical (unpaired) electrons. The predicted molar refractivity (Wildman–Crippen MR) is 84.4 cm³/mol. The molecule has 1 aromatic carbocycles. The number of hydrogen-bond donors (Lipinski definition) is 1. The molecule has 2 atom stereocenters. The van der Waals surface area contributed by atoms with Crippen molar-refractivity contribution in [3.05, 3.63) is 33.9 Å². The van der Waals surface area contributed by atoms with Crippen LogP contribution in [0.4, 0.5) is 11.4 Å². The van der Waals surface area contributed by atoms with Gasteiger partial charge in [0.05, 0.1) is 28.4 Å². The number of non-ortho nitro benzene ring substituents is 1. The Balaban J connectivity index is 1.95. The van der Waals surface area contributed by atoms with Crippen LogP contribution in [-0.4, -0.2) is 53.6 Å². The van der Waals surface area contributed by atoms with Gasteiger partial charge in [0.25, 0.3) is 11.6 Å². The van der Waals surface area contributed by atoms with E-state index >= 15 is 0 Å². The number of carbonyl (C=O) groups is 2. The Bertz CT molecular complexity index is 653. The van der Waals surface area contributed by atoms with Gasteiger partial charge in [-0.3, -0.25) is 14.9 Å². The van der Waals surface area contributed by atoms with Crippen molar-refractivity contribution in [1.82, 2.24) is 4.90 Å². The lowest BCUT2D eigenvalue weighted by molar-refractivity contribution is -0.384. The van der Waals surface area contributed by atoms with Crippen LogP contribution in [0.5, 0.6) is 0 Å². The fourth-order valence-corrected chi connectivity index (χ4v) is 2.53. The number of morpholine rings is 1. The highest BCUT2D eigenvalue weighted by atomic mass is 16.6. The smallest absolute Gasteiger partial charge is 0.340 e. The zero-order valence-electron chi connectivity index (χ0n) is 13.4. The SMILES string of the molecule is C[C@@H]1CN(C(=O)COC(=O)c2ccc([N+](=O)[O-])cc2N)C[C@H](C)O1. The second-order valence-electron chi connectivity index (χ2n) is 5.66. The third-order valence-electron chi connectivity index (χ3n) is 3.56. The van der Waals surface area contributed by atoms with Crippen molar-refractivity contribution in [3.8, 4) is 0 Å². The van der Waals surface area contributed by atoms with Crippen molar-refractivity contribution >= 4 is 23.3 Å². The largest absolute Gasteiger partial charge is 0.452 e. The predicted octanol–water partition coefficient (Wildman–Crippen LogP) is 0.970. The van der Waals surface area contributed by atoms with Crippen molar-refractivity contribution in [2.75, 3.05) is 25.4 Å². The fourth-order valence-electron chi connectivity index (χ4n) is 2.53. The first kappa shape index (κ1) is 17.7. The van der Waals surface area contributed by atoms with E-state index in [1.807, 2.05) is 13.8 Å². The molecule has 9 heteroatoms. The fraction of sp³-hybridized carbons (Fsp3) is 0.467. The maximum absolute atomic E-state index is 12.1. The Morgan fingerprint density at radius 1 is 1.38 bits per heavy atom. The molecule has 0 aromatic heterocycles. The van der Waals surface area contributed by atoms with E-state index in [1.165, 1.54) is 6.07 Å². The van der Waals surface area contributed by atoms with E-state index in [2.05, 4.69) is 0 Å². The summed E-state index contributed by atoms with van der Waals surface area (Å²) < 4.78 is 10.5. The number of nitrogen functional groups attached to an aromatic ring is 1. The average Bonchev–Trinajstić information content (AvgIpc) is 2.51. The topological polar surface area (TPSA) is 125 Å². The molecule has 0 aliphatic carbocycles. The van der Waals surface area contributed by atoms with Crippen LogP contribution in [0.3, 0.4) is 0 Å². The summed E-state index contributed by atoms with van der Waals surface area (Å²) in [5.74, 6) is -1.13. The van der Waals surface area contributed by atoms with Crippen molar-refractivity contribution in [3.63, 3.8) is 0 Å². The first-order chi connectivity index (χ1) is 11.3. The summed E-state index contributed by atoms with van der Waals surface area (Å²) in [6.45, 7) is 4.16. The molecule has 1 aromatic rings. The van der Waals surface area contributed by atoms with Gasteiger partial charge in [-0.05, 0) is 19.9 Å². The number of benzene rings is 1. The van der Waals surface area contributed by atoms with Crippen LogP contribution < -0.4 is 5.73 Å². The summed E-state index contributed by atoms with van der Waals surface area (Å²) in [7, 11) is 0. The second kappa shape index (κ2) is 7.26. The number of ether oxygens (including phenoxy) is 2. The van der Waals surface area contributed by atoms with Crippen LogP contribution in [-0.2, 0) is 14.3 Å². The van der Waals surface area contributed by atoms with Gasteiger partial charge in [0.2, 0.25) is 0 Å². The lowest BCUT2D eigenvalue weighted by Gasteiger charge is -2.35. The van der Waals surface area contributed by atoms with Gasteiger partial charge in [-0.15, -0.1) is 0 Å². The Morgan fingerprint density at radius 3 is 2.54 bits per heavy atom. The van der Waals surface area contributed by atoms with Crippen LogP contribution in [0.25, 0.3) is 0 Å². The van der Waals surface area contributed by atoms with E-state index in [9.17, 15) is 19.7 Å². The van der Waals surface area contributed by atoms with E-state index < -0.39 is 17.5 Å². The van der Waals surface area contributed by atoms with Gasteiger partial charge >= 0.3 is 5.97 Å². The number of nitrogens with two attached hydrogens (primary N) is 1. The van der Waals surface area contributed by atoms with Crippen LogP contribution in [0.1, 0.15) is 24.2 Å². The summed E-state index contributed by atoms with van der Waals surface area (Å²) in [4.78, 5) is 35.7.